The number of ether oxygens (including phenoxy) is 4. The fourth-order valence-corrected chi connectivity index (χ4v) is 11.6. The maximum absolute atomic E-state index is 16.4. The number of fused-ring (bicyclic) bond motifs is 16. The van der Waals surface area contributed by atoms with Crippen molar-refractivity contribution in [2.75, 3.05) is 50.6 Å². The molecular formula is C59H73FN8O15. The molecule has 1 aliphatic carbocycles. The Kier molecular flexibility index (Phi) is 17.3. The number of phenolic OH excluding ortho intramolecular Hbond substituents is 3. The molecule has 4 aromatic rings. The number of rotatable bonds is 9. The van der Waals surface area contributed by atoms with E-state index in [0.717, 1.165) is 25.2 Å². The molecule has 5 aliphatic heterocycles. The minimum Gasteiger partial charge on any atom is -0.507 e. The zero-order valence-corrected chi connectivity index (χ0v) is 47.4. The molecule has 5 bridgehead atoms. The van der Waals surface area contributed by atoms with Gasteiger partial charge in [-0.25, -0.2) is 9.18 Å². The Morgan fingerprint density at radius 1 is 0.928 bits per heavy atom. The highest BCUT2D eigenvalue weighted by molar-refractivity contribution is 6.24. The number of aromatic hydroxyl groups is 3. The van der Waals surface area contributed by atoms with E-state index in [9.17, 15) is 54.6 Å². The molecule has 10 rings (SSSR count). The van der Waals surface area contributed by atoms with Gasteiger partial charge in [-0.1, -0.05) is 25.2 Å². The van der Waals surface area contributed by atoms with Crippen LogP contribution in [-0.2, 0) is 23.8 Å². The highest BCUT2D eigenvalue weighted by atomic mass is 19.1. The number of nitrogens with zero attached hydrogens (tertiary/aromatic N) is 5. The van der Waals surface area contributed by atoms with E-state index in [4.69, 9.17) is 35.5 Å². The van der Waals surface area contributed by atoms with Gasteiger partial charge in [0.25, 0.3) is 11.7 Å². The maximum atomic E-state index is 16.4. The van der Waals surface area contributed by atoms with Crippen molar-refractivity contribution in [3.8, 4) is 23.0 Å². The van der Waals surface area contributed by atoms with Gasteiger partial charge in [0.1, 0.15) is 34.7 Å². The Labute approximate surface area is 477 Å². The highest BCUT2D eigenvalue weighted by Crippen LogP contribution is 2.55. The minimum atomic E-state index is -2.14. The number of aromatic carboxylic acids is 1. The number of carboxylic acid groups (broad SMARTS) is 1. The van der Waals surface area contributed by atoms with Crippen molar-refractivity contribution >= 4 is 62.9 Å². The molecule has 3 fully saturated rings. The number of allylic oxidation sites excluding steroid dienone is 2. The van der Waals surface area contributed by atoms with E-state index in [1.807, 2.05) is 17.0 Å². The van der Waals surface area contributed by atoms with Gasteiger partial charge < -0.3 is 80.7 Å². The number of aromatic nitrogens is 1. The number of methoxy groups -OCH3 is 1. The molecule has 6 aliphatic rings. The van der Waals surface area contributed by atoms with Crippen molar-refractivity contribution in [3.63, 3.8) is 0 Å². The van der Waals surface area contributed by atoms with Gasteiger partial charge in [-0.2, -0.15) is 5.10 Å². The lowest BCUT2D eigenvalue weighted by Gasteiger charge is -2.39. The number of ketones is 1. The van der Waals surface area contributed by atoms with Crippen LogP contribution in [0.3, 0.4) is 0 Å². The molecule has 0 radical (unpaired) electrons. The second-order valence-corrected chi connectivity index (χ2v) is 22.6. The number of phenols is 3. The molecule has 0 spiro atoms. The average Bonchev–Trinajstić information content (AvgIpc) is 1.98. The van der Waals surface area contributed by atoms with Crippen LogP contribution in [-0.4, -0.2) is 170 Å². The van der Waals surface area contributed by atoms with Crippen molar-refractivity contribution in [2.45, 2.75) is 140 Å². The van der Waals surface area contributed by atoms with Crippen LogP contribution in [0.4, 0.5) is 15.8 Å². The van der Waals surface area contributed by atoms with Crippen molar-refractivity contribution in [2.24, 2.45) is 22.5 Å². The van der Waals surface area contributed by atoms with Gasteiger partial charge >= 0.3 is 17.7 Å². The fourth-order valence-electron chi connectivity index (χ4n) is 11.6. The summed E-state index contributed by atoms with van der Waals surface area (Å²) in [5.41, 5.74) is 11.3. The minimum absolute atomic E-state index is 0.0167. The number of hydrogen-bond acceptors (Lipinski definition) is 20. The number of esters is 1. The number of halogens is 1. The van der Waals surface area contributed by atoms with Crippen LogP contribution in [0, 0.1) is 18.7 Å². The van der Waals surface area contributed by atoms with Crippen LogP contribution in [0.25, 0.3) is 21.7 Å². The predicted molar refractivity (Wildman–Crippen MR) is 305 cm³/mol. The number of piperidine rings is 1. The number of likely N-dealkylation sites (tertiary alicyclic amines) is 1. The number of aliphatic hydroxyl groups is 2. The number of carboxylic acids is 1. The maximum Gasteiger partial charge on any atom is 0.341 e. The number of aliphatic hydroxyl groups excluding tert-OH is 2. The summed E-state index contributed by atoms with van der Waals surface area (Å²) in [6.45, 7) is 8.98. The van der Waals surface area contributed by atoms with E-state index < -0.39 is 123 Å². The first-order chi connectivity index (χ1) is 39.3. The quantitative estimate of drug-likeness (QED) is 0.0358. The summed E-state index contributed by atoms with van der Waals surface area (Å²) in [6, 6.07) is -0.579. The van der Waals surface area contributed by atoms with E-state index in [1.54, 1.807) is 17.6 Å². The molecule has 23 nitrogen and oxygen atoms in total. The predicted octanol–water partition coefficient (Wildman–Crippen LogP) is 4.78. The summed E-state index contributed by atoms with van der Waals surface area (Å²) in [5, 5.41) is 78.4. The van der Waals surface area contributed by atoms with Gasteiger partial charge in [-0.05, 0) is 97.1 Å². The number of carbonyl (C=O) groups excluding carboxylic acids is 3. The van der Waals surface area contributed by atoms with Gasteiger partial charge in [0, 0.05) is 80.2 Å². The molecule has 3 aromatic carbocycles. The SMILES string of the molecule is CO[C@H]1/C=C/O[C@@]2(C)Oc3c(C)c(O)c4c(O)c(c(/C=N/N(C5CCN(C)CC5)C5CCN(c6cc7c(cc6F)c(=O)c(C(=O)O)cn7C6CC6)C5)c(O)c4c3C2=O)NC(=O)/C(C)=C\C=C\[C@H](C)[C@H](O)[C@@H](N)[C@@H](O)[C@@H](N)[C@H](OC(C)=O)CC1. The van der Waals surface area contributed by atoms with Crippen LogP contribution in [0.1, 0.15) is 111 Å². The van der Waals surface area contributed by atoms with E-state index in [0.29, 0.717) is 44.4 Å². The van der Waals surface area contributed by atoms with Crippen LogP contribution >= 0.6 is 0 Å². The molecule has 6 heterocycles. The molecule has 2 saturated heterocycles. The Hall–Kier alpha value is -7.61. The zero-order chi connectivity index (χ0) is 60.1. The van der Waals surface area contributed by atoms with Gasteiger partial charge in [-0.3, -0.25) is 24.2 Å². The number of benzene rings is 3. The molecule has 83 heavy (non-hydrogen) atoms. The van der Waals surface area contributed by atoms with Crippen LogP contribution in [0.2, 0.25) is 0 Å². The number of hydrogen-bond donors (Lipinski definition) is 9. The van der Waals surface area contributed by atoms with Crippen LogP contribution in [0.15, 0.2) is 64.4 Å². The average molecular weight is 1150 g/mol. The zero-order valence-electron chi connectivity index (χ0n) is 47.4. The summed E-state index contributed by atoms with van der Waals surface area (Å²) in [7, 11) is 3.40. The van der Waals surface area contributed by atoms with E-state index in [2.05, 4.69) is 10.2 Å². The second-order valence-electron chi connectivity index (χ2n) is 22.6. The Morgan fingerprint density at radius 3 is 2.29 bits per heavy atom. The van der Waals surface area contributed by atoms with Gasteiger partial charge in [0.15, 0.2) is 5.75 Å². The standard InChI is InChI=1S/C59H73FN8O15/c1-28-9-8-10-29(2)57(77)64-48-37(25-63-68(33-15-19-65(6)20-16-33)34-17-21-66(26-34)41-24-40-36(23-39(41)60)51(72)38(58(78)79)27-67(40)32-11-12-32)52(73)43-44(53(48)74)50(71)30(3)55-45(43)56(76)59(5,83-55)81-22-18-35(80-7)13-14-42(82-31(4)69)46(61)54(75)47(62)49(28)70/h8-10,18,22-25,27-28,32-35,42,46-47,49,54,70-71,73-75H,11-17,19-21,26,61-62H2,1-7H3,(H,64,77)(H,78,79)/b9-8+,22-18+,29-10-,63-25+/t28-,34?,35+,42+,46-,47+,49-,54-,59-/m0/s1. The lowest BCUT2D eigenvalue weighted by Crippen LogP contribution is -2.58. The van der Waals surface area contributed by atoms with E-state index >= 15 is 4.39 Å². The summed E-state index contributed by atoms with van der Waals surface area (Å²) >= 11 is 0. The van der Waals surface area contributed by atoms with Crippen molar-refractivity contribution in [1.29, 1.82) is 0 Å². The van der Waals surface area contributed by atoms with Crippen molar-refractivity contribution in [3.05, 3.63) is 92.8 Å². The monoisotopic (exact) mass is 1150 g/mol. The van der Waals surface area contributed by atoms with Crippen molar-refractivity contribution in [1.82, 2.24) is 14.5 Å². The molecule has 9 atom stereocenters. The van der Waals surface area contributed by atoms with Gasteiger partial charge in [0.05, 0.1) is 82.3 Å². The summed E-state index contributed by atoms with van der Waals surface area (Å²) in [4.78, 5) is 70.8. The molecule has 11 N–H and O–H groups in total. The first-order valence-corrected chi connectivity index (χ1v) is 27.8. The lowest BCUT2D eigenvalue weighted by molar-refractivity contribution is -0.150. The number of pyridine rings is 1. The number of amides is 1. The number of Topliss-reactive ketones (excluding diaryl/α,β-unsaturated/α-hetero) is 1. The molecule has 24 heteroatoms. The number of hydrazone groups is 1. The number of anilines is 2. The Bertz CT molecular complexity index is 3430. The third kappa shape index (κ3) is 11.7. The third-order valence-electron chi connectivity index (χ3n) is 16.8. The van der Waals surface area contributed by atoms with Gasteiger partial charge in [-0.15, -0.1) is 0 Å². The summed E-state index contributed by atoms with van der Waals surface area (Å²) in [5.74, 6) is -9.50. The third-order valence-corrected chi connectivity index (χ3v) is 16.8. The summed E-state index contributed by atoms with van der Waals surface area (Å²) in [6.07, 6.45) is 8.23. The normalized spacial score (nSPS) is 28.4. The van der Waals surface area contributed by atoms with Crippen molar-refractivity contribution < 1.29 is 73.2 Å². The molecule has 446 valence electrons. The molecular weight excluding hydrogens is 1080 g/mol. The first-order valence-electron chi connectivity index (χ1n) is 27.8. The number of nitrogens with one attached hydrogen (secondary N) is 1. The fraction of sp³-hybridized carbons (Fsp3) is 0.492. The van der Waals surface area contributed by atoms with E-state index in [1.165, 1.54) is 71.5 Å². The second kappa shape index (κ2) is 23.9. The molecule has 1 unspecified atom stereocenters. The largest absolute Gasteiger partial charge is 0.507 e. The Balaban J connectivity index is 1.14. The topological polar surface area (TPSA) is 335 Å². The molecule has 1 saturated carbocycles. The summed E-state index contributed by atoms with van der Waals surface area (Å²) < 4.78 is 41.5. The van der Waals surface area contributed by atoms with Crippen LogP contribution in [0.5, 0.6) is 23.0 Å². The Morgan fingerprint density at radius 2 is 1.63 bits per heavy atom. The first kappa shape index (κ1) is 60.0. The molecule has 1 aromatic heterocycles. The van der Waals surface area contributed by atoms with E-state index in [-0.39, 0.29) is 75.9 Å². The number of nitrogens with two attached hydrogens (primary N) is 2. The lowest BCUT2D eigenvalue weighted by atomic mass is 9.88. The smallest absolute Gasteiger partial charge is 0.341 e. The highest BCUT2D eigenvalue weighted by Gasteiger charge is 2.50. The molecule has 1 amide bonds. The number of carbonyl (C=O) groups is 4. The van der Waals surface area contributed by atoms with Crippen LogP contribution < -0.4 is 31.8 Å². The van der Waals surface area contributed by atoms with Gasteiger partial charge in [0.2, 0.25) is 5.43 Å².